The number of benzene rings is 1. The van der Waals surface area contributed by atoms with Crippen molar-refractivity contribution >= 4 is 12.0 Å². The zero-order valence-electron chi connectivity index (χ0n) is 11.2. The molecule has 2 rings (SSSR count). The van der Waals surface area contributed by atoms with Gasteiger partial charge in [0.15, 0.2) is 0 Å². The molecule has 0 spiro atoms. The van der Waals surface area contributed by atoms with Crippen molar-refractivity contribution in [3.05, 3.63) is 35.1 Å². The molecule has 5 nitrogen and oxygen atoms in total. The van der Waals surface area contributed by atoms with Crippen LogP contribution >= 0.6 is 0 Å². The summed E-state index contributed by atoms with van der Waals surface area (Å²) in [6.07, 6.45) is 0.619. The Labute approximate surface area is 116 Å². The van der Waals surface area contributed by atoms with Gasteiger partial charge in [-0.3, -0.25) is 4.79 Å². The van der Waals surface area contributed by atoms with E-state index in [1.807, 2.05) is 6.92 Å². The van der Waals surface area contributed by atoms with Crippen molar-refractivity contribution in [1.82, 2.24) is 10.2 Å². The maximum absolute atomic E-state index is 12.9. The molecule has 0 aromatic heterocycles. The van der Waals surface area contributed by atoms with Crippen molar-refractivity contribution in [2.24, 2.45) is 5.92 Å². The van der Waals surface area contributed by atoms with E-state index in [1.165, 1.54) is 17.0 Å². The number of rotatable bonds is 4. The molecule has 1 heterocycles. The van der Waals surface area contributed by atoms with Crippen LogP contribution in [0.2, 0.25) is 0 Å². The molecule has 2 N–H and O–H groups in total. The molecular formula is C14H17FN2O3. The Bertz CT molecular complexity index is 527. The number of halogens is 1. The van der Waals surface area contributed by atoms with Crippen molar-refractivity contribution in [2.75, 3.05) is 19.6 Å². The van der Waals surface area contributed by atoms with E-state index in [0.29, 0.717) is 13.0 Å². The average molecular weight is 280 g/mol. The minimum absolute atomic E-state index is 0.248. The zero-order valence-corrected chi connectivity index (χ0v) is 11.2. The maximum Gasteiger partial charge on any atom is 0.317 e. The highest BCUT2D eigenvalue weighted by Crippen LogP contribution is 2.15. The SMILES string of the molecule is Cc1cc(F)ccc1CCNC(=O)N1CC(C(=O)O)C1. The largest absolute Gasteiger partial charge is 0.481 e. The molecule has 0 radical (unpaired) electrons. The molecule has 0 saturated carbocycles. The number of carboxylic acid groups (broad SMARTS) is 1. The van der Waals surface area contributed by atoms with Crippen molar-refractivity contribution in [2.45, 2.75) is 13.3 Å². The van der Waals surface area contributed by atoms with Crippen molar-refractivity contribution < 1.29 is 19.1 Å². The lowest BCUT2D eigenvalue weighted by Gasteiger charge is -2.36. The third-order valence-electron chi connectivity index (χ3n) is 3.49. The number of likely N-dealkylation sites (tertiary alicyclic amines) is 1. The topological polar surface area (TPSA) is 69.6 Å². The van der Waals surface area contributed by atoms with Gasteiger partial charge in [0.05, 0.1) is 5.92 Å². The summed E-state index contributed by atoms with van der Waals surface area (Å²) in [6, 6.07) is 4.32. The second-order valence-corrected chi connectivity index (χ2v) is 4.99. The molecule has 1 aromatic rings. The van der Waals surface area contributed by atoms with Crippen LogP contribution in [0.1, 0.15) is 11.1 Å². The summed E-state index contributed by atoms with van der Waals surface area (Å²) < 4.78 is 12.9. The molecule has 0 unspecified atom stereocenters. The van der Waals surface area contributed by atoms with Gasteiger partial charge in [-0.1, -0.05) is 6.07 Å². The van der Waals surface area contributed by atoms with E-state index in [1.54, 1.807) is 6.07 Å². The first-order valence-corrected chi connectivity index (χ1v) is 6.48. The average Bonchev–Trinajstić information content (AvgIpc) is 2.29. The molecule has 20 heavy (non-hydrogen) atoms. The van der Waals surface area contributed by atoms with Gasteiger partial charge in [-0.25, -0.2) is 9.18 Å². The number of hydrogen-bond donors (Lipinski definition) is 2. The fourth-order valence-electron chi connectivity index (χ4n) is 2.16. The van der Waals surface area contributed by atoms with E-state index in [2.05, 4.69) is 5.32 Å². The quantitative estimate of drug-likeness (QED) is 0.876. The van der Waals surface area contributed by atoms with Gasteiger partial charge in [-0.15, -0.1) is 0 Å². The van der Waals surface area contributed by atoms with Gasteiger partial charge < -0.3 is 15.3 Å². The molecule has 0 aliphatic carbocycles. The highest BCUT2D eigenvalue weighted by molar-refractivity contribution is 5.79. The molecule has 1 fully saturated rings. The first kappa shape index (κ1) is 14.3. The molecule has 1 aliphatic rings. The fraction of sp³-hybridized carbons (Fsp3) is 0.429. The van der Waals surface area contributed by atoms with E-state index < -0.39 is 11.9 Å². The van der Waals surface area contributed by atoms with E-state index in [4.69, 9.17) is 5.11 Å². The second-order valence-electron chi connectivity index (χ2n) is 4.99. The molecule has 6 heteroatoms. The van der Waals surface area contributed by atoms with Crippen molar-refractivity contribution in [1.29, 1.82) is 0 Å². The van der Waals surface area contributed by atoms with E-state index in [9.17, 15) is 14.0 Å². The van der Waals surface area contributed by atoms with Crippen molar-refractivity contribution in [3.63, 3.8) is 0 Å². The molecule has 108 valence electrons. The van der Waals surface area contributed by atoms with Crippen LogP contribution in [0.15, 0.2) is 18.2 Å². The Morgan fingerprint density at radius 2 is 2.15 bits per heavy atom. The number of nitrogens with zero attached hydrogens (tertiary/aromatic N) is 1. The van der Waals surface area contributed by atoms with E-state index in [0.717, 1.165) is 11.1 Å². The van der Waals surface area contributed by atoms with Crippen LogP contribution in [-0.4, -0.2) is 41.6 Å². The number of carbonyl (C=O) groups excluding carboxylic acids is 1. The number of urea groups is 1. The van der Waals surface area contributed by atoms with Gasteiger partial charge >= 0.3 is 12.0 Å². The summed E-state index contributed by atoms with van der Waals surface area (Å²) in [5, 5.41) is 11.5. The van der Waals surface area contributed by atoms with Gasteiger partial charge in [0.1, 0.15) is 5.82 Å². The van der Waals surface area contributed by atoms with Crippen LogP contribution < -0.4 is 5.32 Å². The highest BCUT2D eigenvalue weighted by atomic mass is 19.1. The Hall–Kier alpha value is -2.11. The second kappa shape index (κ2) is 5.90. The van der Waals surface area contributed by atoms with Crippen LogP contribution in [0.5, 0.6) is 0 Å². The Morgan fingerprint density at radius 1 is 1.45 bits per heavy atom. The van der Waals surface area contributed by atoms with Gasteiger partial charge in [0, 0.05) is 19.6 Å². The highest BCUT2D eigenvalue weighted by Gasteiger charge is 2.35. The van der Waals surface area contributed by atoms with Gasteiger partial charge in [0.25, 0.3) is 0 Å². The first-order chi connectivity index (χ1) is 9.47. The predicted molar refractivity (Wildman–Crippen MR) is 70.9 cm³/mol. The number of aryl methyl sites for hydroxylation is 1. The monoisotopic (exact) mass is 280 g/mol. The summed E-state index contributed by atoms with van der Waals surface area (Å²) in [5.74, 6) is -1.58. The van der Waals surface area contributed by atoms with Crippen LogP contribution in [-0.2, 0) is 11.2 Å². The molecule has 0 atom stereocenters. The molecule has 1 aliphatic heterocycles. The fourth-order valence-corrected chi connectivity index (χ4v) is 2.16. The molecule has 2 amide bonds. The number of carbonyl (C=O) groups is 2. The Morgan fingerprint density at radius 3 is 2.75 bits per heavy atom. The molecule has 1 saturated heterocycles. The predicted octanol–water partition coefficient (Wildman–Crippen LogP) is 1.40. The van der Waals surface area contributed by atoms with Crippen LogP contribution in [0.3, 0.4) is 0 Å². The number of amides is 2. The van der Waals surface area contributed by atoms with Crippen LogP contribution in [0.4, 0.5) is 9.18 Å². The van der Waals surface area contributed by atoms with Crippen molar-refractivity contribution in [3.8, 4) is 0 Å². The number of aliphatic carboxylic acids is 1. The minimum Gasteiger partial charge on any atom is -0.481 e. The lowest BCUT2D eigenvalue weighted by atomic mass is 10.0. The minimum atomic E-state index is -0.865. The van der Waals surface area contributed by atoms with E-state index in [-0.39, 0.29) is 24.9 Å². The number of nitrogens with one attached hydrogen (secondary N) is 1. The number of carboxylic acids is 1. The zero-order chi connectivity index (χ0) is 14.7. The normalized spacial score (nSPS) is 14.8. The Balaban J connectivity index is 1.73. The summed E-state index contributed by atoms with van der Waals surface area (Å²) >= 11 is 0. The van der Waals surface area contributed by atoms with E-state index >= 15 is 0 Å². The first-order valence-electron chi connectivity index (χ1n) is 6.48. The van der Waals surface area contributed by atoms with Gasteiger partial charge in [0.2, 0.25) is 0 Å². The maximum atomic E-state index is 12.9. The smallest absolute Gasteiger partial charge is 0.317 e. The number of hydrogen-bond acceptors (Lipinski definition) is 2. The standard InChI is InChI=1S/C14H17FN2O3/c1-9-6-12(15)3-2-10(9)4-5-16-14(20)17-7-11(8-17)13(18)19/h2-3,6,11H,4-5,7-8H2,1H3,(H,16,20)(H,18,19). The van der Waals surface area contributed by atoms with Gasteiger partial charge in [-0.2, -0.15) is 0 Å². The molecular weight excluding hydrogens is 263 g/mol. The summed E-state index contributed by atoms with van der Waals surface area (Å²) in [7, 11) is 0. The molecule has 0 bridgehead atoms. The summed E-state index contributed by atoms with van der Waals surface area (Å²) in [4.78, 5) is 23.8. The third kappa shape index (κ3) is 3.26. The lowest BCUT2D eigenvalue weighted by molar-refractivity contribution is -0.146. The third-order valence-corrected chi connectivity index (χ3v) is 3.49. The molecule has 1 aromatic carbocycles. The van der Waals surface area contributed by atoms with Crippen LogP contribution in [0.25, 0.3) is 0 Å². The summed E-state index contributed by atoms with van der Waals surface area (Å²) in [6.45, 7) is 2.79. The Kier molecular flexibility index (Phi) is 4.22. The van der Waals surface area contributed by atoms with Gasteiger partial charge in [-0.05, 0) is 36.6 Å². The lowest BCUT2D eigenvalue weighted by Crippen LogP contribution is -2.56. The van der Waals surface area contributed by atoms with Crippen LogP contribution in [0, 0.1) is 18.7 Å². The summed E-state index contributed by atoms with van der Waals surface area (Å²) in [5.41, 5.74) is 1.84.